The summed E-state index contributed by atoms with van der Waals surface area (Å²) >= 11 is 6.02. The largest absolute Gasteiger partial charge is 0.445 e. The van der Waals surface area contributed by atoms with Gasteiger partial charge in [0.25, 0.3) is 0 Å². The Labute approximate surface area is 167 Å². The average molecular weight is 392 g/mol. The first-order chi connectivity index (χ1) is 13.1. The van der Waals surface area contributed by atoms with Crippen molar-refractivity contribution < 1.29 is 9.53 Å². The van der Waals surface area contributed by atoms with E-state index < -0.39 is 0 Å². The lowest BCUT2D eigenvalue weighted by Gasteiger charge is -2.46. The SMILES string of the molecule is C=CCOC(=O)N1CCC(N2C[C@H](C)NCC2Cc2ccc(Cl)cc2)CC1. The van der Waals surface area contributed by atoms with E-state index in [0.29, 0.717) is 18.1 Å². The standard InChI is InChI=1S/C21H30ClN3O2/c1-3-12-27-21(26)24-10-8-19(9-11-24)25-15-16(2)23-14-20(25)13-17-4-6-18(22)7-5-17/h3-7,16,19-20,23H,1,8-15H2,2H3/t16-,20?/m0/s1. The molecule has 2 atom stereocenters. The number of benzene rings is 1. The normalized spacial score (nSPS) is 24.6. The first-order valence-electron chi connectivity index (χ1n) is 9.83. The van der Waals surface area contributed by atoms with Crippen LogP contribution in [0.3, 0.4) is 0 Å². The fraction of sp³-hybridized carbons (Fsp3) is 0.571. The maximum atomic E-state index is 12.0. The molecule has 148 valence electrons. The van der Waals surface area contributed by atoms with Crippen LogP contribution in [0.15, 0.2) is 36.9 Å². The van der Waals surface area contributed by atoms with Crippen LogP contribution in [0.1, 0.15) is 25.3 Å². The van der Waals surface area contributed by atoms with E-state index in [4.69, 9.17) is 16.3 Å². The lowest BCUT2D eigenvalue weighted by molar-refractivity contribution is 0.0399. The highest BCUT2D eigenvalue weighted by Gasteiger charge is 2.34. The fourth-order valence-corrected chi connectivity index (χ4v) is 4.24. The molecule has 0 aliphatic carbocycles. The Morgan fingerprint density at radius 2 is 2.04 bits per heavy atom. The number of amides is 1. The molecule has 2 aliphatic rings. The van der Waals surface area contributed by atoms with Gasteiger partial charge in [-0.2, -0.15) is 0 Å². The molecule has 0 saturated carbocycles. The highest BCUT2D eigenvalue weighted by molar-refractivity contribution is 6.30. The molecule has 0 radical (unpaired) electrons. The van der Waals surface area contributed by atoms with Crippen molar-refractivity contribution >= 4 is 17.7 Å². The van der Waals surface area contributed by atoms with Crippen molar-refractivity contribution in [1.29, 1.82) is 0 Å². The topological polar surface area (TPSA) is 44.8 Å². The molecule has 1 aromatic rings. The van der Waals surface area contributed by atoms with Crippen LogP contribution in [-0.2, 0) is 11.2 Å². The van der Waals surface area contributed by atoms with Crippen LogP contribution >= 0.6 is 11.6 Å². The number of halogens is 1. The van der Waals surface area contributed by atoms with Gasteiger partial charge < -0.3 is 15.0 Å². The average Bonchev–Trinajstić information content (AvgIpc) is 2.69. The van der Waals surface area contributed by atoms with E-state index in [2.05, 4.69) is 35.9 Å². The van der Waals surface area contributed by atoms with Gasteiger partial charge in [-0.25, -0.2) is 4.79 Å². The summed E-state index contributed by atoms with van der Waals surface area (Å²) in [5.74, 6) is 0. The molecule has 6 heteroatoms. The molecule has 1 aromatic carbocycles. The Bertz CT molecular complexity index is 629. The number of likely N-dealkylation sites (tertiary alicyclic amines) is 1. The third-order valence-electron chi connectivity index (χ3n) is 5.56. The van der Waals surface area contributed by atoms with E-state index in [1.54, 1.807) is 6.08 Å². The number of piperidine rings is 1. The highest BCUT2D eigenvalue weighted by atomic mass is 35.5. The van der Waals surface area contributed by atoms with Crippen LogP contribution < -0.4 is 5.32 Å². The lowest BCUT2D eigenvalue weighted by atomic mass is 9.95. The van der Waals surface area contributed by atoms with E-state index >= 15 is 0 Å². The van der Waals surface area contributed by atoms with Crippen molar-refractivity contribution in [2.45, 2.75) is 44.3 Å². The van der Waals surface area contributed by atoms with E-state index in [1.807, 2.05) is 17.0 Å². The van der Waals surface area contributed by atoms with Crippen LogP contribution in [-0.4, -0.2) is 66.8 Å². The van der Waals surface area contributed by atoms with E-state index in [9.17, 15) is 4.79 Å². The van der Waals surface area contributed by atoms with Crippen molar-refractivity contribution in [2.24, 2.45) is 0 Å². The second-order valence-corrected chi connectivity index (χ2v) is 8.01. The lowest BCUT2D eigenvalue weighted by Crippen LogP contribution is -2.61. The molecule has 27 heavy (non-hydrogen) atoms. The molecular weight excluding hydrogens is 362 g/mol. The summed E-state index contributed by atoms with van der Waals surface area (Å²) in [6.45, 7) is 9.66. The predicted octanol–water partition coefficient (Wildman–Crippen LogP) is 3.33. The van der Waals surface area contributed by atoms with E-state index in [1.165, 1.54) is 5.56 Å². The van der Waals surface area contributed by atoms with Crippen LogP contribution in [0.4, 0.5) is 4.79 Å². The predicted molar refractivity (Wildman–Crippen MR) is 109 cm³/mol. The Morgan fingerprint density at radius 3 is 2.70 bits per heavy atom. The molecule has 0 spiro atoms. The molecule has 1 N–H and O–H groups in total. The van der Waals surface area contributed by atoms with Crippen molar-refractivity contribution in [3.05, 3.63) is 47.5 Å². The van der Waals surface area contributed by atoms with E-state index in [0.717, 1.165) is 50.5 Å². The summed E-state index contributed by atoms with van der Waals surface area (Å²) in [6, 6.07) is 9.64. The number of piperazine rings is 1. The number of carbonyl (C=O) groups excluding carboxylic acids is 1. The smallest absolute Gasteiger partial charge is 0.410 e. The summed E-state index contributed by atoms with van der Waals surface area (Å²) in [7, 11) is 0. The van der Waals surface area contributed by atoms with Crippen LogP contribution in [0, 0.1) is 0 Å². The van der Waals surface area contributed by atoms with Gasteiger partial charge in [0, 0.05) is 49.3 Å². The molecule has 3 rings (SSSR count). The van der Waals surface area contributed by atoms with E-state index in [-0.39, 0.29) is 12.7 Å². The molecule has 2 saturated heterocycles. The van der Waals surface area contributed by atoms with Gasteiger partial charge in [0.05, 0.1) is 0 Å². The minimum atomic E-state index is -0.222. The van der Waals surface area contributed by atoms with Crippen molar-refractivity contribution in [1.82, 2.24) is 15.1 Å². The number of carbonyl (C=O) groups is 1. The summed E-state index contributed by atoms with van der Waals surface area (Å²) in [6.07, 6.45) is 4.38. The quantitative estimate of drug-likeness (QED) is 0.782. The Morgan fingerprint density at radius 1 is 1.33 bits per heavy atom. The second kappa shape index (κ2) is 9.58. The summed E-state index contributed by atoms with van der Waals surface area (Å²) < 4.78 is 5.17. The number of hydrogen-bond acceptors (Lipinski definition) is 4. The molecule has 2 heterocycles. The monoisotopic (exact) mass is 391 g/mol. The van der Waals surface area contributed by atoms with Crippen LogP contribution in [0.25, 0.3) is 0 Å². The van der Waals surface area contributed by atoms with Gasteiger partial charge in [-0.05, 0) is 43.9 Å². The zero-order chi connectivity index (χ0) is 19.2. The summed E-state index contributed by atoms with van der Waals surface area (Å²) in [5.41, 5.74) is 1.32. The molecule has 2 fully saturated rings. The van der Waals surface area contributed by atoms with Crippen molar-refractivity contribution in [2.75, 3.05) is 32.8 Å². The Kier molecular flexibility index (Phi) is 7.16. The molecule has 5 nitrogen and oxygen atoms in total. The van der Waals surface area contributed by atoms with Crippen LogP contribution in [0.5, 0.6) is 0 Å². The van der Waals surface area contributed by atoms with Gasteiger partial charge in [0.15, 0.2) is 0 Å². The minimum Gasteiger partial charge on any atom is -0.445 e. The molecule has 0 aromatic heterocycles. The Hall–Kier alpha value is -1.56. The summed E-state index contributed by atoms with van der Waals surface area (Å²) in [4.78, 5) is 16.5. The number of rotatable bonds is 5. The zero-order valence-corrected chi connectivity index (χ0v) is 16.8. The van der Waals surface area contributed by atoms with Gasteiger partial charge in [-0.3, -0.25) is 4.90 Å². The molecular formula is C21H30ClN3O2. The number of ether oxygens (including phenoxy) is 1. The third kappa shape index (κ3) is 5.47. The van der Waals surface area contributed by atoms with Crippen molar-refractivity contribution in [3.63, 3.8) is 0 Å². The van der Waals surface area contributed by atoms with Gasteiger partial charge in [-0.15, -0.1) is 0 Å². The van der Waals surface area contributed by atoms with Crippen molar-refractivity contribution in [3.8, 4) is 0 Å². The first kappa shape index (κ1) is 20.2. The molecule has 1 unspecified atom stereocenters. The maximum Gasteiger partial charge on any atom is 0.410 e. The molecule has 2 aliphatic heterocycles. The van der Waals surface area contributed by atoms with Gasteiger partial charge in [0.1, 0.15) is 6.61 Å². The third-order valence-corrected chi connectivity index (χ3v) is 5.81. The second-order valence-electron chi connectivity index (χ2n) is 7.57. The minimum absolute atomic E-state index is 0.222. The molecule has 0 bridgehead atoms. The number of nitrogens with zero attached hydrogens (tertiary/aromatic N) is 2. The Balaban J connectivity index is 1.59. The highest BCUT2D eigenvalue weighted by Crippen LogP contribution is 2.24. The maximum absolute atomic E-state index is 12.0. The van der Waals surface area contributed by atoms with Gasteiger partial charge in [0.2, 0.25) is 0 Å². The van der Waals surface area contributed by atoms with Crippen LogP contribution in [0.2, 0.25) is 5.02 Å². The number of hydrogen-bond donors (Lipinski definition) is 1. The van der Waals surface area contributed by atoms with Gasteiger partial charge >= 0.3 is 6.09 Å². The number of nitrogens with one attached hydrogen (secondary N) is 1. The molecule has 1 amide bonds. The van der Waals surface area contributed by atoms with Gasteiger partial charge in [-0.1, -0.05) is 36.4 Å². The summed E-state index contributed by atoms with van der Waals surface area (Å²) in [5, 5.41) is 4.40. The first-order valence-corrected chi connectivity index (χ1v) is 10.2. The zero-order valence-electron chi connectivity index (χ0n) is 16.1. The fourth-order valence-electron chi connectivity index (χ4n) is 4.12.